The molecule has 160 valence electrons. The highest BCUT2D eigenvalue weighted by Gasteiger charge is 1.97. The zero-order valence-electron chi connectivity index (χ0n) is 18.4. The molecule has 0 rings (SSSR count). The number of unbranched alkanes of at least 4 members (excludes halogenated alkanes) is 18. The van der Waals surface area contributed by atoms with Gasteiger partial charge in [-0.05, 0) is 32.1 Å². The van der Waals surface area contributed by atoms with Gasteiger partial charge in [0, 0.05) is 6.42 Å². The third-order valence-electron chi connectivity index (χ3n) is 5.40. The molecule has 0 aliphatic carbocycles. The minimum Gasteiger partial charge on any atom is -0.481 e. The Morgan fingerprint density at radius 3 is 1.26 bits per heavy atom. The molecule has 0 heterocycles. The Labute approximate surface area is 170 Å². The van der Waals surface area contributed by atoms with Crippen LogP contribution in [0.2, 0.25) is 0 Å². The molecule has 0 unspecified atom stereocenters. The van der Waals surface area contributed by atoms with E-state index in [4.69, 9.17) is 5.11 Å². The number of carboxylic acids is 1. The number of carbonyl (C=O) groups is 1. The van der Waals surface area contributed by atoms with Gasteiger partial charge < -0.3 is 5.11 Å². The topological polar surface area (TPSA) is 37.3 Å². The van der Waals surface area contributed by atoms with Crippen LogP contribution in [0.4, 0.5) is 0 Å². The summed E-state index contributed by atoms with van der Waals surface area (Å²) in [6.07, 6.45) is 31.6. The normalized spacial score (nSPS) is 11.4. The fraction of sp³-hybridized carbons (Fsp3) is 0.880. The first-order chi connectivity index (χ1) is 13.3. The molecular weight excluding hydrogens is 332 g/mol. The average molecular weight is 381 g/mol. The van der Waals surface area contributed by atoms with Gasteiger partial charge in [0.05, 0.1) is 0 Å². The largest absolute Gasteiger partial charge is 0.481 e. The highest BCUT2D eigenvalue weighted by Crippen LogP contribution is 2.13. The van der Waals surface area contributed by atoms with E-state index in [-0.39, 0.29) is 0 Å². The van der Waals surface area contributed by atoms with Gasteiger partial charge in [-0.2, -0.15) is 0 Å². The molecule has 2 heteroatoms. The molecule has 0 aromatic carbocycles. The number of hydrogen-bond donors (Lipinski definition) is 1. The summed E-state index contributed by atoms with van der Waals surface area (Å²) in [5.74, 6) is -0.654. The van der Waals surface area contributed by atoms with Crippen molar-refractivity contribution in [2.75, 3.05) is 0 Å². The number of rotatable bonds is 22. The minimum atomic E-state index is -0.654. The summed E-state index contributed by atoms with van der Waals surface area (Å²) in [7, 11) is 0. The maximum atomic E-state index is 10.4. The van der Waals surface area contributed by atoms with Gasteiger partial charge in [-0.3, -0.25) is 4.79 Å². The molecule has 0 aromatic rings. The van der Waals surface area contributed by atoms with E-state index in [0.717, 1.165) is 12.8 Å². The van der Waals surface area contributed by atoms with Gasteiger partial charge in [-0.15, -0.1) is 0 Å². The van der Waals surface area contributed by atoms with E-state index in [1.165, 1.54) is 116 Å². The molecule has 27 heavy (non-hydrogen) atoms. The van der Waals surface area contributed by atoms with Crippen molar-refractivity contribution in [2.24, 2.45) is 0 Å². The van der Waals surface area contributed by atoms with Crippen molar-refractivity contribution < 1.29 is 9.90 Å². The highest BCUT2D eigenvalue weighted by atomic mass is 16.4. The average Bonchev–Trinajstić information content (AvgIpc) is 2.65. The van der Waals surface area contributed by atoms with Gasteiger partial charge in [0.25, 0.3) is 0 Å². The predicted octanol–water partition coefficient (Wildman–Crippen LogP) is 8.84. The molecule has 0 spiro atoms. The molecule has 0 aromatic heterocycles. The number of allylic oxidation sites excluding steroid dienone is 2. The van der Waals surface area contributed by atoms with Crippen molar-refractivity contribution in [3.63, 3.8) is 0 Å². The number of aliphatic carboxylic acids is 1. The summed E-state index contributed by atoms with van der Waals surface area (Å²) in [5, 5.41) is 8.58. The maximum absolute atomic E-state index is 10.4. The van der Waals surface area contributed by atoms with Gasteiger partial charge in [-0.25, -0.2) is 0 Å². The second-order valence-corrected chi connectivity index (χ2v) is 8.20. The Bertz CT molecular complexity index is 322. The van der Waals surface area contributed by atoms with E-state index in [0.29, 0.717) is 6.42 Å². The van der Waals surface area contributed by atoms with Crippen LogP contribution in [-0.2, 0) is 4.79 Å². The first kappa shape index (κ1) is 26.2. The summed E-state index contributed by atoms with van der Waals surface area (Å²) in [6, 6.07) is 0. The van der Waals surface area contributed by atoms with Crippen molar-refractivity contribution >= 4 is 5.97 Å². The quantitative estimate of drug-likeness (QED) is 0.150. The van der Waals surface area contributed by atoms with E-state index < -0.39 is 5.97 Å². The summed E-state index contributed by atoms with van der Waals surface area (Å²) in [5.41, 5.74) is 0. The van der Waals surface area contributed by atoms with Gasteiger partial charge >= 0.3 is 5.97 Å². The minimum absolute atomic E-state index is 0.342. The first-order valence-corrected chi connectivity index (χ1v) is 12.1. The lowest BCUT2D eigenvalue weighted by Crippen LogP contribution is -1.93. The molecule has 0 saturated heterocycles. The molecule has 0 bridgehead atoms. The summed E-state index contributed by atoms with van der Waals surface area (Å²) < 4.78 is 0. The molecule has 2 nitrogen and oxygen atoms in total. The van der Waals surface area contributed by atoms with E-state index in [1.54, 1.807) is 0 Å². The monoisotopic (exact) mass is 380 g/mol. The predicted molar refractivity (Wildman–Crippen MR) is 119 cm³/mol. The Balaban J connectivity index is 3.07. The fourth-order valence-electron chi connectivity index (χ4n) is 3.58. The van der Waals surface area contributed by atoms with Crippen molar-refractivity contribution in [2.45, 2.75) is 142 Å². The van der Waals surface area contributed by atoms with Crippen LogP contribution in [0.3, 0.4) is 0 Å². The van der Waals surface area contributed by atoms with E-state index in [2.05, 4.69) is 19.1 Å². The molecule has 0 fully saturated rings. The zero-order valence-corrected chi connectivity index (χ0v) is 18.4. The lowest BCUT2D eigenvalue weighted by Gasteiger charge is -2.02. The molecule has 1 N–H and O–H groups in total. The van der Waals surface area contributed by atoms with Crippen LogP contribution in [0.15, 0.2) is 12.2 Å². The van der Waals surface area contributed by atoms with Crippen molar-refractivity contribution in [3.8, 4) is 0 Å². The smallest absolute Gasteiger partial charge is 0.303 e. The van der Waals surface area contributed by atoms with E-state index in [1.807, 2.05) is 0 Å². The van der Waals surface area contributed by atoms with Crippen LogP contribution in [0, 0.1) is 0 Å². The van der Waals surface area contributed by atoms with Gasteiger partial charge in [0.2, 0.25) is 0 Å². The van der Waals surface area contributed by atoms with Gasteiger partial charge in [-0.1, -0.05) is 115 Å². The van der Waals surface area contributed by atoms with Crippen LogP contribution in [0.25, 0.3) is 0 Å². The SMILES string of the molecule is CCCCCCCCC/C=C\CCCCCCCCCCCCCC(=O)O. The Morgan fingerprint density at radius 2 is 0.889 bits per heavy atom. The molecule has 0 amide bonds. The first-order valence-electron chi connectivity index (χ1n) is 12.1. The van der Waals surface area contributed by atoms with Crippen LogP contribution in [0.5, 0.6) is 0 Å². The summed E-state index contributed by atoms with van der Waals surface area (Å²) in [4.78, 5) is 10.4. The second kappa shape index (κ2) is 23.2. The van der Waals surface area contributed by atoms with E-state index >= 15 is 0 Å². The molecule has 0 radical (unpaired) electrons. The Kier molecular flexibility index (Phi) is 22.6. The lowest BCUT2D eigenvalue weighted by atomic mass is 10.0. The van der Waals surface area contributed by atoms with Crippen molar-refractivity contribution in [1.82, 2.24) is 0 Å². The highest BCUT2D eigenvalue weighted by molar-refractivity contribution is 5.66. The standard InChI is InChI=1S/C25H48O2/c1-2-3-4-5-6-7-8-9-10-11-12-13-14-15-16-17-18-19-20-21-22-23-24-25(26)27/h10-11H,2-9,12-24H2,1H3,(H,26,27)/b11-10-. The Morgan fingerprint density at radius 1 is 0.556 bits per heavy atom. The molecular formula is C25H48O2. The zero-order chi connectivity index (χ0) is 19.8. The molecule has 0 atom stereocenters. The lowest BCUT2D eigenvalue weighted by molar-refractivity contribution is -0.137. The number of hydrogen-bond acceptors (Lipinski definition) is 1. The third-order valence-corrected chi connectivity index (χ3v) is 5.40. The van der Waals surface area contributed by atoms with Crippen molar-refractivity contribution in [3.05, 3.63) is 12.2 Å². The van der Waals surface area contributed by atoms with E-state index in [9.17, 15) is 4.79 Å². The summed E-state index contributed by atoms with van der Waals surface area (Å²) in [6.45, 7) is 2.28. The molecule has 0 aliphatic heterocycles. The van der Waals surface area contributed by atoms with Crippen LogP contribution >= 0.6 is 0 Å². The van der Waals surface area contributed by atoms with Crippen LogP contribution < -0.4 is 0 Å². The van der Waals surface area contributed by atoms with Gasteiger partial charge in [0.15, 0.2) is 0 Å². The van der Waals surface area contributed by atoms with Crippen LogP contribution in [-0.4, -0.2) is 11.1 Å². The Hall–Kier alpha value is -0.790. The fourth-order valence-corrected chi connectivity index (χ4v) is 3.58. The van der Waals surface area contributed by atoms with Crippen LogP contribution in [0.1, 0.15) is 142 Å². The molecule has 0 saturated carbocycles. The summed E-state index contributed by atoms with van der Waals surface area (Å²) >= 11 is 0. The van der Waals surface area contributed by atoms with Crippen molar-refractivity contribution in [1.29, 1.82) is 0 Å². The molecule has 0 aliphatic rings. The van der Waals surface area contributed by atoms with Gasteiger partial charge in [0.1, 0.15) is 0 Å². The maximum Gasteiger partial charge on any atom is 0.303 e. The second-order valence-electron chi connectivity index (χ2n) is 8.20. The number of carboxylic acid groups (broad SMARTS) is 1. The third kappa shape index (κ3) is 25.2.